The summed E-state index contributed by atoms with van der Waals surface area (Å²) in [6.45, 7) is 2.06. The molecule has 1 aromatic rings. The maximum absolute atomic E-state index is 9.67. The van der Waals surface area contributed by atoms with E-state index < -0.39 is 6.10 Å². The molecule has 1 atom stereocenters. The number of likely N-dealkylation sites (N-methyl/N-ethyl adjacent to an activating group) is 1. The van der Waals surface area contributed by atoms with Crippen LogP contribution in [0.2, 0.25) is 0 Å². The lowest BCUT2D eigenvalue weighted by atomic mass is 10.1. The fourth-order valence-corrected chi connectivity index (χ4v) is 1.88. The zero-order chi connectivity index (χ0) is 14.1. The molecular formula is C15H22N2O2. The standard InChI is InChI=1S/C15H22N2O2/c1-17(11-15(18)12-19-2)10-14-6-3-5-13(9-14)7-4-8-16/h3,5-6,9,15,18H,8,10-12,16H2,1-2H3. The Morgan fingerprint density at radius 2 is 2.26 bits per heavy atom. The highest BCUT2D eigenvalue weighted by Gasteiger charge is 2.08. The minimum absolute atomic E-state index is 0.354. The fourth-order valence-electron chi connectivity index (χ4n) is 1.88. The van der Waals surface area contributed by atoms with E-state index in [4.69, 9.17) is 10.5 Å². The lowest BCUT2D eigenvalue weighted by Gasteiger charge is -2.20. The molecule has 1 aromatic carbocycles. The monoisotopic (exact) mass is 262 g/mol. The molecule has 0 aliphatic rings. The van der Waals surface area contributed by atoms with Gasteiger partial charge in [0.1, 0.15) is 0 Å². The number of nitrogens with two attached hydrogens (primary N) is 1. The van der Waals surface area contributed by atoms with Crippen molar-refractivity contribution in [3.05, 3.63) is 35.4 Å². The average Bonchev–Trinajstić information content (AvgIpc) is 2.36. The summed E-state index contributed by atoms with van der Waals surface area (Å²) in [7, 11) is 3.56. The molecule has 0 radical (unpaired) electrons. The number of aliphatic hydroxyl groups is 1. The molecule has 0 amide bonds. The van der Waals surface area contributed by atoms with Gasteiger partial charge in [0.25, 0.3) is 0 Å². The summed E-state index contributed by atoms with van der Waals surface area (Å²) in [5.41, 5.74) is 7.49. The third-order valence-corrected chi connectivity index (χ3v) is 2.60. The Morgan fingerprint density at radius 3 is 2.95 bits per heavy atom. The van der Waals surface area contributed by atoms with E-state index in [9.17, 15) is 5.11 Å². The van der Waals surface area contributed by atoms with Crippen LogP contribution in [0, 0.1) is 11.8 Å². The summed E-state index contributed by atoms with van der Waals surface area (Å²) in [4.78, 5) is 2.05. The average molecular weight is 262 g/mol. The largest absolute Gasteiger partial charge is 0.389 e. The third-order valence-electron chi connectivity index (χ3n) is 2.60. The van der Waals surface area contributed by atoms with Crippen LogP contribution in [-0.2, 0) is 11.3 Å². The summed E-state index contributed by atoms with van der Waals surface area (Å²) in [6, 6.07) is 8.04. The van der Waals surface area contributed by atoms with Crippen molar-refractivity contribution in [3.8, 4) is 11.8 Å². The molecule has 4 heteroatoms. The number of rotatable bonds is 6. The smallest absolute Gasteiger partial charge is 0.0900 e. The molecule has 4 nitrogen and oxygen atoms in total. The van der Waals surface area contributed by atoms with Crippen LogP contribution in [0.3, 0.4) is 0 Å². The van der Waals surface area contributed by atoms with Crippen molar-refractivity contribution in [1.29, 1.82) is 0 Å². The van der Waals surface area contributed by atoms with E-state index >= 15 is 0 Å². The van der Waals surface area contributed by atoms with Crippen molar-refractivity contribution in [2.24, 2.45) is 5.73 Å². The first-order chi connectivity index (χ1) is 9.15. The molecule has 0 aliphatic carbocycles. The van der Waals surface area contributed by atoms with E-state index in [1.165, 1.54) is 0 Å². The zero-order valence-corrected chi connectivity index (χ0v) is 11.6. The second-order valence-corrected chi connectivity index (χ2v) is 4.51. The topological polar surface area (TPSA) is 58.7 Å². The van der Waals surface area contributed by atoms with Crippen LogP contribution < -0.4 is 5.73 Å². The number of hydrogen-bond acceptors (Lipinski definition) is 4. The SMILES string of the molecule is COCC(O)CN(C)Cc1cccc(C#CCN)c1. The van der Waals surface area contributed by atoms with E-state index in [1.807, 2.05) is 31.3 Å². The van der Waals surface area contributed by atoms with Crippen molar-refractivity contribution >= 4 is 0 Å². The van der Waals surface area contributed by atoms with E-state index in [2.05, 4.69) is 16.7 Å². The summed E-state index contributed by atoms with van der Waals surface area (Å²) >= 11 is 0. The molecule has 3 N–H and O–H groups in total. The lowest BCUT2D eigenvalue weighted by Crippen LogP contribution is -2.31. The molecule has 19 heavy (non-hydrogen) atoms. The Hall–Kier alpha value is -1.38. The Bertz CT molecular complexity index is 437. The van der Waals surface area contributed by atoms with Gasteiger partial charge in [-0.25, -0.2) is 0 Å². The van der Waals surface area contributed by atoms with Gasteiger partial charge in [-0.1, -0.05) is 24.0 Å². The van der Waals surface area contributed by atoms with Crippen molar-refractivity contribution in [2.45, 2.75) is 12.6 Å². The van der Waals surface area contributed by atoms with Gasteiger partial charge >= 0.3 is 0 Å². The Labute approximate surface area is 115 Å². The van der Waals surface area contributed by atoms with E-state index in [0.29, 0.717) is 19.7 Å². The molecular weight excluding hydrogens is 240 g/mol. The molecule has 0 spiro atoms. The molecule has 1 unspecified atom stereocenters. The van der Waals surface area contributed by atoms with E-state index in [-0.39, 0.29) is 0 Å². The highest BCUT2D eigenvalue weighted by molar-refractivity contribution is 5.37. The first kappa shape index (κ1) is 15.7. The van der Waals surface area contributed by atoms with Crippen LogP contribution in [0.1, 0.15) is 11.1 Å². The van der Waals surface area contributed by atoms with Gasteiger partial charge in [-0.2, -0.15) is 0 Å². The summed E-state index contributed by atoms with van der Waals surface area (Å²) < 4.78 is 4.91. The van der Waals surface area contributed by atoms with Gasteiger partial charge in [-0.15, -0.1) is 0 Å². The van der Waals surface area contributed by atoms with Crippen LogP contribution in [-0.4, -0.2) is 50.0 Å². The number of ether oxygens (including phenoxy) is 1. The lowest BCUT2D eigenvalue weighted by molar-refractivity contribution is 0.0419. The summed E-state index contributed by atoms with van der Waals surface area (Å²) in [6.07, 6.45) is -0.463. The summed E-state index contributed by atoms with van der Waals surface area (Å²) in [5.74, 6) is 5.86. The first-order valence-corrected chi connectivity index (χ1v) is 6.29. The quantitative estimate of drug-likeness (QED) is 0.730. The highest BCUT2D eigenvalue weighted by Crippen LogP contribution is 2.07. The van der Waals surface area contributed by atoms with Gasteiger partial charge in [-0.05, 0) is 24.7 Å². The van der Waals surface area contributed by atoms with Crippen molar-refractivity contribution in [2.75, 3.05) is 33.9 Å². The minimum atomic E-state index is -0.463. The second kappa shape index (κ2) is 8.68. The molecule has 0 aromatic heterocycles. The van der Waals surface area contributed by atoms with Crippen LogP contribution in [0.4, 0.5) is 0 Å². The van der Waals surface area contributed by atoms with Gasteiger partial charge in [0.2, 0.25) is 0 Å². The number of aliphatic hydroxyl groups excluding tert-OH is 1. The molecule has 1 rings (SSSR count). The predicted octanol–water partition coefficient (Wildman–Crippen LogP) is 0.436. The second-order valence-electron chi connectivity index (χ2n) is 4.51. The fraction of sp³-hybridized carbons (Fsp3) is 0.467. The first-order valence-electron chi connectivity index (χ1n) is 6.29. The molecule has 0 bridgehead atoms. The summed E-state index contributed by atoms with van der Waals surface area (Å²) in [5, 5.41) is 9.67. The van der Waals surface area contributed by atoms with Crippen molar-refractivity contribution in [1.82, 2.24) is 4.90 Å². The molecule has 0 aliphatic heterocycles. The van der Waals surface area contributed by atoms with Gasteiger partial charge in [0, 0.05) is 25.8 Å². The van der Waals surface area contributed by atoms with Gasteiger partial charge in [0.15, 0.2) is 0 Å². The predicted molar refractivity (Wildman–Crippen MR) is 76.6 cm³/mol. The molecule has 0 heterocycles. The minimum Gasteiger partial charge on any atom is -0.389 e. The van der Waals surface area contributed by atoms with Gasteiger partial charge in [-0.3, -0.25) is 4.90 Å². The maximum atomic E-state index is 9.67. The zero-order valence-electron chi connectivity index (χ0n) is 11.6. The Balaban J connectivity index is 2.56. The highest BCUT2D eigenvalue weighted by atomic mass is 16.5. The third kappa shape index (κ3) is 6.37. The van der Waals surface area contributed by atoms with Crippen molar-refractivity contribution < 1.29 is 9.84 Å². The number of nitrogens with zero attached hydrogens (tertiary/aromatic N) is 1. The number of hydrogen-bond donors (Lipinski definition) is 2. The normalized spacial score (nSPS) is 12.1. The molecule has 104 valence electrons. The van der Waals surface area contributed by atoms with Gasteiger partial charge in [0.05, 0.1) is 19.3 Å². The van der Waals surface area contributed by atoms with Crippen LogP contribution in [0.5, 0.6) is 0 Å². The maximum Gasteiger partial charge on any atom is 0.0900 e. The Kier molecular flexibility index (Phi) is 7.16. The molecule has 0 fully saturated rings. The molecule has 0 saturated heterocycles. The van der Waals surface area contributed by atoms with E-state index in [0.717, 1.165) is 17.7 Å². The number of benzene rings is 1. The van der Waals surface area contributed by atoms with Crippen LogP contribution in [0.15, 0.2) is 24.3 Å². The van der Waals surface area contributed by atoms with Crippen LogP contribution >= 0.6 is 0 Å². The van der Waals surface area contributed by atoms with Crippen molar-refractivity contribution in [3.63, 3.8) is 0 Å². The van der Waals surface area contributed by atoms with E-state index in [1.54, 1.807) is 7.11 Å². The Morgan fingerprint density at radius 1 is 1.47 bits per heavy atom. The van der Waals surface area contributed by atoms with Gasteiger partial charge < -0.3 is 15.6 Å². The van der Waals surface area contributed by atoms with Crippen LogP contribution in [0.25, 0.3) is 0 Å². The molecule has 0 saturated carbocycles. The number of methoxy groups -OCH3 is 1.